The van der Waals surface area contributed by atoms with Gasteiger partial charge in [-0.3, -0.25) is 0 Å². The van der Waals surface area contributed by atoms with Gasteiger partial charge in [0.2, 0.25) is 0 Å². The average Bonchev–Trinajstić information content (AvgIpc) is 2.37. The zero-order valence-electron chi connectivity index (χ0n) is 9.95. The average molecular weight is 334 g/mol. The number of rotatable bonds is 5. The Morgan fingerprint density at radius 1 is 1.53 bits per heavy atom. The van der Waals surface area contributed by atoms with Crippen molar-refractivity contribution in [3.8, 4) is 11.8 Å². The minimum Gasteiger partial charge on any atom is -0.462 e. The maximum Gasteiger partial charge on any atom is 0.387 e. The van der Waals surface area contributed by atoms with E-state index in [1.807, 2.05) is 6.07 Å². The van der Waals surface area contributed by atoms with E-state index in [1.54, 1.807) is 6.92 Å². The number of carbonyl (C=O) groups is 1. The zero-order valence-corrected chi connectivity index (χ0v) is 11.5. The predicted molar refractivity (Wildman–Crippen MR) is 66.4 cm³/mol. The van der Waals surface area contributed by atoms with Gasteiger partial charge in [0.15, 0.2) is 0 Å². The number of benzene rings is 1. The summed E-state index contributed by atoms with van der Waals surface area (Å²) >= 11 is 3.13. The Kier molecular flexibility index (Phi) is 5.70. The van der Waals surface area contributed by atoms with Crippen LogP contribution in [0.25, 0.3) is 0 Å². The van der Waals surface area contributed by atoms with Crippen molar-refractivity contribution in [2.45, 2.75) is 18.9 Å². The van der Waals surface area contributed by atoms with E-state index < -0.39 is 12.6 Å². The smallest absolute Gasteiger partial charge is 0.387 e. The zero-order chi connectivity index (χ0) is 14.4. The molecule has 0 aliphatic carbocycles. The summed E-state index contributed by atoms with van der Waals surface area (Å²) in [6.45, 7) is -1.39. The van der Waals surface area contributed by atoms with Gasteiger partial charge in [0.1, 0.15) is 11.3 Å². The lowest BCUT2D eigenvalue weighted by Gasteiger charge is -2.12. The highest BCUT2D eigenvalue weighted by Crippen LogP contribution is 2.27. The van der Waals surface area contributed by atoms with Crippen LogP contribution >= 0.6 is 15.9 Å². The number of nitriles is 1. The molecule has 0 N–H and O–H groups in total. The molecule has 19 heavy (non-hydrogen) atoms. The Hall–Kier alpha value is -1.68. The van der Waals surface area contributed by atoms with Crippen LogP contribution in [0.1, 0.15) is 28.4 Å². The highest BCUT2D eigenvalue weighted by molar-refractivity contribution is 9.08. The molecule has 0 atom stereocenters. The van der Waals surface area contributed by atoms with E-state index in [9.17, 15) is 13.6 Å². The van der Waals surface area contributed by atoms with Gasteiger partial charge in [-0.2, -0.15) is 14.0 Å². The highest BCUT2D eigenvalue weighted by Gasteiger charge is 2.20. The fourth-order valence-electron chi connectivity index (χ4n) is 1.40. The molecule has 0 saturated carbocycles. The van der Waals surface area contributed by atoms with E-state index in [0.717, 1.165) is 0 Å². The number of hydrogen-bond donors (Lipinski definition) is 0. The molecule has 0 radical (unpaired) electrons. The van der Waals surface area contributed by atoms with Gasteiger partial charge in [0.25, 0.3) is 0 Å². The third-order valence-electron chi connectivity index (χ3n) is 2.18. The number of alkyl halides is 3. The highest BCUT2D eigenvalue weighted by atomic mass is 79.9. The lowest BCUT2D eigenvalue weighted by molar-refractivity contribution is -0.0504. The Labute approximate surface area is 117 Å². The van der Waals surface area contributed by atoms with E-state index in [0.29, 0.717) is 5.56 Å². The topological polar surface area (TPSA) is 59.3 Å². The monoisotopic (exact) mass is 333 g/mol. The summed E-state index contributed by atoms with van der Waals surface area (Å²) in [5, 5.41) is 9.22. The van der Waals surface area contributed by atoms with Crippen molar-refractivity contribution in [3.63, 3.8) is 0 Å². The molecule has 0 heterocycles. The van der Waals surface area contributed by atoms with Crippen LogP contribution in [-0.4, -0.2) is 19.2 Å². The molecule has 0 aliphatic heterocycles. The minimum atomic E-state index is -3.07. The predicted octanol–water partition coefficient (Wildman–Crippen LogP) is 3.23. The van der Waals surface area contributed by atoms with E-state index >= 15 is 0 Å². The summed E-state index contributed by atoms with van der Waals surface area (Å²) in [7, 11) is 0. The van der Waals surface area contributed by atoms with Gasteiger partial charge in [-0.15, -0.1) is 0 Å². The molecular formula is C12H10BrF2NO3. The number of ether oxygens (including phenoxy) is 2. The fourth-order valence-corrected chi connectivity index (χ4v) is 1.86. The van der Waals surface area contributed by atoms with Crippen molar-refractivity contribution in [2.75, 3.05) is 6.61 Å². The third kappa shape index (κ3) is 3.89. The summed E-state index contributed by atoms with van der Waals surface area (Å²) in [4.78, 5) is 11.6. The van der Waals surface area contributed by atoms with Gasteiger partial charge in [0.05, 0.1) is 18.2 Å². The molecule has 102 valence electrons. The molecule has 0 aliphatic rings. The van der Waals surface area contributed by atoms with Crippen molar-refractivity contribution in [1.82, 2.24) is 0 Å². The van der Waals surface area contributed by atoms with Crippen molar-refractivity contribution in [2.24, 2.45) is 0 Å². The van der Waals surface area contributed by atoms with Crippen molar-refractivity contribution in [1.29, 1.82) is 5.26 Å². The quantitative estimate of drug-likeness (QED) is 0.613. The first-order valence-electron chi connectivity index (χ1n) is 5.28. The van der Waals surface area contributed by atoms with Crippen LogP contribution in [0.5, 0.6) is 5.75 Å². The van der Waals surface area contributed by atoms with Gasteiger partial charge in [-0.1, -0.05) is 15.9 Å². The molecule has 0 saturated heterocycles. The molecule has 1 aromatic carbocycles. The van der Waals surface area contributed by atoms with Gasteiger partial charge < -0.3 is 9.47 Å². The minimum absolute atomic E-state index is 0.0923. The molecule has 0 amide bonds. The SMILES string of the molecule is CCOC(=O)c1cc(C#N)c(CBr)cc1OC(F)F. The summed E-state index contributed by atoms with van der Waals surface area (Å²) in [6.07, 6.45) is 0. The molecule has 0 spiro atoms. The lowest BCUT2D eigenvalue weighted by atomic mass is 10.0. The van der Waals surface area contributed by atoms with Crippen molar-refractivity contribution < 1.29 is 23.0 Å². The van der Waals surface area contributed by atoms with Crippen LogP contribution in [0.3, 0.4) is 0 Å². The van der Waals surface area contributed by atoms with Crippen molar-refractivity contribution in [3.05, 3.63) is 28.8 Å². The van der Waals surface area contributed by atoms with Gasteiger partial charge in [-0.25, -0.2) is 4.79 Å². The summed E-state index contributed by atoms with van der Waals surface area (Å²) < 4.78 is 33.7. The summed E-state index contributed by atoms with van der Waals surface area (Å²) in [5.41, 5.74) is 0.455. The Morgan fingerprint density at radius 3 is 2.68 bits per heavy atom. The Balaban J connectivity index is 3.32. The van der Waals surface area contributed by atoms with E-state index in [2.05, 4.69) is 20.7 Å². The number of hydrogen-bond acceptors (Lipinski definition) is 4. The summed E-state index contributed by atoms with van der Waals surface area (Å²) in [6, 6.07) is 4.30. The lowest BCUT2D eigenvalue weighted by Crippen LogP contribution is -2.11. The Morgan fingerprint density at radius 2 is 2.21 bits per heavy atom. The number of esters is 1. The molecule has 0 aromatic heterocycles. The maximum atomic E-state index is 12.3. The largest absolute Gasteiger partial charge is 0.462 e. The second-order valence-electron chi connectivity index (χ2n) is 3.35. The number of carbonyl (C=O) groups excluding carboxylic acids is 1. The molecular weight excluding hydrogens is 324 g/mol. The van der Waals surface area contributed by atoms with Crippen LogP contribution in [0.2, 0.25) is 0 Å². The van der Waals surface area contributed by atoms with Crippen LogP contribution in [0.4, 0.5) is 8.78 Å². The van der Waals surface area contributed by atoms with E-state index in [4.69, 9.17) is 10.00 Å². The first kappa shape index (κ1) is 15.4. The molecule has 1 aromatic rings. The van der Waals surface area contributed by atoms with Crippen LogP contribution in [0, 0.1) is 11.3 Å². The molecule has 7 heteroatoms. The van der Waals surface area contributed by atoms with E-state index in [1.165, 1.54) is 12.1 Å². The first-order valence-corrected chi connectivity index (χ1v) is 6.40. The molecule has 4 nitrogen and oxygen atoms in total. The maximum absolute atomic E-state index is 12.3. The second kappa shape index (κ2) is 7.04. The standard InChI is InChI=1S/C12H10BrF2NO3/c1-2-18-11(17)9-3-8(6-16)7(5-13)4-10(9)19-12(14)15/h3-4,12H,2,5H2,1H3. The third-order valence-corrected chi connectivity index (χ3v) is 2.79. The number of nitrogens with zero attached hydrogens (tertiary/aromatic N) is 1. The van der Waals surface area contributed by atoms with Crippen LogP contribution in [0.15, 0.2) is 12.1 Å². The van der Waals surface area contributed by atoms with Crippen molar-refractivity contribution >= 4 is 21.9 Å². The first-order chi connectivity index (χ1) is 9.03. The van der Waals surface area contributed by atoms with Gasteiger partial charge >= 0.3 is 12.6 Å². The molecule has 1 rings (SSSR count). The normalized spacial score (nSPS) is 10.1. The van der Waals surface area contributed by atoms with Gasteiger partial charge in [-0.05, 0) is 24.6 Å². The molecule has 0 fully saturated rings. The molecule has 0 bridgehead atoms. The second-order valence-corrected chi connectivity index (χ2v) is 3.91. The fraction of sp³-hybridized carbons (Fsp3) is 0.333. The molecule has 0 unspecified atom stereocenters. The Bertz CT molecular complexity index is 514. The van der Waals surface area contributed by atoms with Crippen LogP contribution in [-0.2, 0) is 10.1 Å². The summed E-state index contributed by atoms with van der Waals surface area (Å²) in [5.74, 6) is -1.11. The van der Waals surface area contributed by atoms with Crippen LogP contribution < -0.4 is 4.74 Å². The van der Waals surface area contributed by atoms with Gasteiger partial charge in [0, 0.05) is 5.33 Å². The number of halogens is 3. The van der Waals surface area contributed by atoms with E-state index in [-0.39, 0.29) is 28.8 Å².